The fourth-order valence-corrected chi connectivity index (χ4v) is 13.6. The van der Waals surface area contributed by atoms with Gasteiger partial charge >= 0.3 is 0 Å². The van der Waals surface area contributed by atoms with Gasteiger partial charge in [-0.3, -0.25) is 28.9 Å². The largest absolute Gasteiger partial charge is 0.394 e. The minimum atomic E-state index is -1.44. The van der Waals surface area contributed by atoms with Crippen molar-refractivity contribution in [1.82, 2.24) is 56.1 Å². The standard InChI is InChI=1S/C68H116N16O23/c1-39-55(91)57(93)47(35-85)104-64(39)100-24-14-9-19-51-71-52(76-75-51)34-81(30-45-33-84(79-74-45)23-13-17-27-103-67-54(70-42(4)90)62(98)60(96)50(38-88)107-67)46(63(99)68(5,6)7)18-8-10-20-80(28-43-31-82(77-72-43)21-11-15-25-101-65-40(2)56(92)58(94)48(36-86)105-65)29-44-32-83(78-73-44)22-12-16-26-102-66-53(69-41(3)89)61(97)59(95)49(37-87)106-66/h31-33,39-40,46-51,53-62,64-67,85-88,91-98H,8-30,34-38H2,1-7H3,(H2,69,70,89,90)/p+2/t39-,40-,46?,47-,48-,49-,50-,51?,53-,54-,55-,56-,57+,58+,59+,60+,61-,62-,64-,65-,66-,67-/m1/s1. The maximum atomic E-state index is 15.0. The van der Waals surface area contributed by atoms with E-state index in [2.05, 4.69) is 56.7 Å². The van der Waals surface area contributed by atoms with Crippen LogP contribution < -0.4 is 20.0 Å². The quantitative estimate of drug-likeness (QED) is 0.0188. The first kappa shape index (κ1) is 87.0. The number of nitrogens with one attached hydrogen (secondary N) is 4. The van der Waals surface area contributed by atoms with Crippen LogP contribution in [0.2, 0.25) is 0 Å². The van der Waals surface area contributed by atoms with E-state index < -0.39 is 178 Å². The highest BCUT2D eigenvalue weighted by Crippen LogP contribution is 2.31. The molecule has 39 heteroatoms. The number of Topliss-reactive ketones (excluding diaryl/α,β-unsaturated/α-hetero) is 1. The van der Waals surface area contributed by atoms with Gasteiger partial charge in [-0.1, -0.05) is 56.7 Å². The summed E-state index contributed by atoms with van der Waals surface area (Å²) in [5, 5.41) is 162. The number of unbranched alkanes of at least 4 members (excludes halogenated alkanes) is 5. The molecule has 4 saturated heterocycles. The van der Waals surface area contributed by atoms with Crippen molar-refractivity contribution in [3.63, 3.8) is 0 Å². The molecule has 2 unspecified atom stereocenters. The van der Waals surface area contributed by atoms with Crippen molar-refractivity contribution in [2.75, 3.05) is 65.9 Å². The fraction of sp³-hybridized carbons (Fsp3) is 0.853. The van der Waals surface area contributed by atoms with Crippen molar-refractivity contribution in [1.29, 1.82) is 0 Å². The molecule has 107 heavy (non-hydrogen) atoms. The number of carbonyl (C=O) groups is 3. The summed E-state index contributed by atoms with van der Waals surface area (Å²) in [7, 11) is 0. The summed E-state index contributed by atoms with van der Waals surface area (Å²) in [5.41, 5.74) is 1.28. The summed E-state index contributed by atoms with van der Waals surface area (Å²) in [5.74, 6) is -1.53. The van der Waals surface area contributed by atoms with Gasteiger partial charge in [0.2, 0.25) is 23.2 Å². The molecule has 5 aliphatic rings. The van der Waals surface area contributed by atoms with E-state index in [9.17, 15) is 70.9 Å². The van der Waals surface area contributed by atoms with Crippen LogP contribution in [0, 0.1) is 17.3 Å². The van der Waals surface area contributed by atoms with Gasteiger partial charge in [0.25, 0.3) is 0 Å². The number of nitrogens with zero attached hydrogens (tertiary/aromatic N) is 12. The molecule has 0 aromatic carbocycles. The second-order valence-electron chi connectivity index (χ2n) is 29.6. The van der Waals surface area contributed by atoms with Gasteiger partial charge in [0.05, 0.1) is 70.0 Å². The number of ketones is 1. The average molecular weight is 1530 g/mol. The van der Waals surface area contributed by atoms with Crippen LogP contribution in [0.4, 0.5) is 0 Å². The normalized spacial score (nSPS) is 30.9. The van der Waals surface area contributed by atoms with E-state index in [1.165, 1.54) is 13.8 Å². The van der Waals surface area contributed by atoms with Gasteiger partial charge in [0.15, 0.2) is 55.3 Å². The van der Waals surface area contributed by atoms with Gasteiger partial charge in [-0.15, -0.1) is 10.2 Å². The van der Waals surface area contributed by atoms with Crippen LogP contribution in [0.5, 0.6) is 0 Å². The lowest BCUT2D eigenvalue weighted by molar-refractivity contribution is -0.754. The Hall–Kier alpha value is -5.58. The highest BCUT2D eigenvalue weighted by Gasteiger charge is 2.48. The monoisotopic (exact) mass is 1530 g/mol. The predicted molar refractivity (Wildman–Crippen MR) is 370 cm³/mol. The van der Waals surface area contributed by atoms with Gasteiger partial charge in [0.1, 0.15) is 86.2 Å². The van der Waals surface area contributed by atoms with E-state index >= 15 is 4.79 Å². The maximum Gasteiger partial charge on any atom is 0.232 e. The Labute approximate surface area is 621 Å². The topological polar surface area (TPSA) is 531 Å². The zero-order valence-electron chi connectivity index (χ0n) is 62.5. The molecule has 16 N–H and O–H groups in total. The third-order valence-corrected chi connectivity index (χ3v) is 19.8. The molecule has 0 aliphatic carbocycles. The number of amides is 2. The van der Waals surface area contributed by atoms with Crippen LogP contribution in [-0.4, -0.2) is 319 Å². The molecule has 3 aromatic rings. The Bertz CT molecular complexity index is 3200. The summed E-state index contributed by atoms with van der Waals surface area (Å²) < 4.78 is 52.1. The number of H-pyrrole nitrogens is 2. The Morgan fingerprint density at radius 2 is 1.02 bits per heavy atom. The van der Waals surface area contributed by atoms with E-state index in [0.717, 1.165) is 5.69 Å². The van der Waals surface area contributed by atoms with Crippen molar-refractivity contribution in [2.24, 2.45) is 32.5 Å². The third kappa shape index (κ3) is 25.5. The molecule has 39 nitrogen and oxygen atoms in total. The van der Waals surface area contributed by atoms with Gasteiger partial charge in [-0.2, -0.15) is 14.5 Å². The number of rotatable bonds is 45. The molecule has 8 heterocycles. The molecule has 8 rings (SSSR count). The lowest BCUT2D eigenvalue weighted by atomic mass is 9.84. The first-order valence-corrected chi connectivity index (χ1v) is 37.5. The average Bonchev–Trinajstić information content (AvgIpc) is 1.13. The van der Waals surface area contributed by atoms with Gasteiger partial charge in [-0.25, -0.2) is 4.99 Å². The number of amidine groups is 1. The van der Waals surface area contributed by atoms with E-state index in [1.807, 2.05) is 53.6 Å². The van der Waals surface area contributed by atoms with Gasteiger partial charge < -0.3 is 110 Å². The molecule has 0 saturated carbocycles. The second-order valence-corrected chi connectivity index (χ2v) is 29.6. The van der Waals surface area contributed by atoms with Crippen molar-refractivity contribution in [3.8, 4) is 0 Å². The number of aryl methyl sites for hydroxylation is 3. The molecule has 4 fully saturated rings. The van der Waals surface area contributed by atoms with E-state index in [-0.39, 0.29) is 38.7 Å². The summed E-state index contributed by atoms with van der Waals surface area (Å²) in [6, 6.07) is -2.78. The first-order chi connectivity index (χ1) is 51.2. The molecule has 5 aliphatic heterocycles. The number of hydrogen-bond donors (Lipinski definition) is 16. The van der Waals surface area contributed by atoms with E-state index in [0.29, 0.717) is 140 Å². The lowest BCUT2D eigenvalue weighted by Crippen LogP contribution is -2.64. The van der Waals surface area contributed by atoms with Crippen LogP contribution in [0.25, 0.3) is 0 Å². The van der Waals surface area contributed by atoms with Crippen LogP contribution >= 0.6 is 0 Å². The van der Waals surface area contributed by atoms with Crippen LogP contribution in [0.3, 0.4) is 0 Å². The van der Waals surface area contributed by atoms with Crippen LogP contribution in [0.15, 0.2) is 33.8 Å². The molecule has 0 bridgehead atoms. The SMILES string of the molecule is CC(=O)N[C@H]1[C@H](OCCCC[n+]2cc(CN(CCCCC(C(=O)C(C)(C)C)N(CC3=NC(CCCCO[C@@H]4O[C@H](CO)[C@H](O)[C@H](O)[C@H]4C)N=N3)Cc3c[n+](CCCCO[C@@H]4O[C@H](CO)[C@H](O)[C@H](O)[C@H]4NC(C)=O)[nH]n3)Cc3cn(CCCCO[C@@H]4O[C@H](CO)[C@H](O)[C@H](O)[C@H]4C)nn3)n[nH]2)O[C@H](CO)[C@H](O)[C@@H]1O. The summed E-state index contributed by atoms with van der Waals surface area (Å²) in [6.45, 7) is 13.7. The molecule has 2 amide bonds. The van der Waals surface area contributed by atoms with Crippen LogP contribution in [-0.2, 0) is 91.5 Å². The van der Waals surface area contributed by atoms with E-state index in [1.54, 1.807) is 18.5 Å². The Kier molecular flexibility index (Phi) is 34.7. The number of azo groups is 1. The Morgan fingerprint density at radius 3 is 1.50 bits per heavy atom. The highest BCUT2D eigenvalue weighted by molar-refractivity contribution is 5.90. The number of aliphatic hydroxyl groups excluding tert-OH is 12. The predicted octanol–water partition coefficient (Wildman–Crippen LogP) is -4.24. The smallest absolute Gasteiger partial charge is 0.232 e. The molecular weight excluding hydrogens is 1410 g/mol. The molecular formula is C68H118N16O23+2. The number of aliphatic imine (C=N–C) groups is 1. The van der Waals surface area contributed by atoms with Crippen molar-refractivity contribution in [2.45, 2.75) is 287 Å². The fourth-order valence-electron chi connectivity index (χ4n) is 13.6. The molecule has 0 radical (unpaired) electrons. The number of hydrogen-bond acceptors (Lipinski definition) is 32. The van der Waals surface area contributed by atoms with Crippen molar-refractivity contribution in [3.05, 3.63) is 35.7 Å². The molecule has 606 valence electrons. The third-order valence-electron chi connectivity index (χ3n) is 19.8. The zero-order chi connectivity index (χ0) is 77.5. The number of aliphatic hydroxyl groups is 12. The zero-order valence-corrected chi connectivity index (χ0v) is 62.5. The number of ether oxygens (including phenoxy) is 8. The molecule has 3 aromatic heterocycles. The van der Waals surface area contributed by atoms with Gasteiger partial charge in [-0.05, 0) is 77.2 Å². The maximum absolute atomic E-state index is 15.0. The van der Waals surface area contributed by atoms with Crippen molar-refractivity contribution < 1.29 is 123 Å². The molecule has 0 spiro atoms. The minimum Gasteiger partial charge on any atom is -0.394 e. The van der Waals surface area contributed by atoms with Crippen molar-refractivity contribution >= 4 is 23.4 Å². The second kappa shape index (κ2) is 42.7. The Morgan fingerprint density at radius 1 is 0.570 bits per heavy atom. The first-order valence-electron chi connectivity index (χ1n) is 37.5. The number of aromatic amines is 2. The Balaban J connectivity index is 0.928. The van der Waals surface area contributed by atoms with Crippen LogP contribution in [0.1, 0.15) is 143 Å². The van der Waals surface area contributed by atoms with E-state index in [4.69, 9.17) is 42.9 Å². The minimum absolute atomic E-state index is 0.00405. The summed E-state index contributed by atoms with van der Waals surface area (Å²) in [6.07, 6.45) is -6.28. The summed E-state index contributed by atoms with van der Waals surface area (Å²) >= 11 is 0. The lowest BCUT2D eigenvalue weighted by Gasteiger charge is -2.42. The van der Waals surface area contributed by atoms with Gasteiger partial charge in [0, 0.05) is 87.0 Å². The highest BCUT2D eigenvalue weighted by atomic mass is 16.7. The summed E-state index contributed by atoms with van der Waals surface area (Å²) in [4.78, 5) is 48.1. The number of aromatic nitrogens is 9. The molecule has 22 atom stereocenters. The number of carbonyl (C=O) groups excluding carboxylic acids is 3.